The summed E-state index contributed by atoms with van der Waals surface area (Å²) in [4.78, 5) is 0. The number of hydrogen-bond acceptors (Lipinski definition) is 1. The van der Waals surface area contributed by atoms with Gasteiger partial charge in [0.25, 0.3) is 0 Å². The Labute approximate surface area is 72.3 Å². The molecule has 0 atom stereocenters. The number of fused-ring (bicyclic) bond motifs is 1. The van der Waals surface area contributed by atoms with Crippen LogP contribution in [0.5, 0.6) is 0 Å². The summed E-state index contributed by atoms with van der Waals surface area (Å²) in [5.74, 6) is -0.214. The van der Waals surface area contributed by atoms with Crippen LogP contribution in [0.15, 0.2) is 16.6 Å². The van der Waals surface area contributed by atoms with Gasteiger partial charge in [0, 0.05) is 0 Å². The van der Waals surface area contributed by atoms with E-state index in [0.717, 1.165) is 11.1 Å². The molecule has 3 heteroatoms. The molecule has 0 amide bonds. The molecule has 0 saturated carbocycles. The summed E-state index contributed by atoms with van der Waals surface area (Å²) in [5.41, 5.74) is 2.05. The third kappa shape index (κ3) is 1.19. The van der Waals surface area contributed by atoms with Crippen LogP contribution in [0.2, 0.25) is 0 Å². The third-order valence-corrected chi connectivity index (χ3v) is 2.37. The number of halogens is 2. The molecule has 0 radical (unpaired) electrons. The summed E-state index contributed by atoms with van der Waals surface area (Å²) in [7, 11) is 0. The van der Waals surface area contributed by atoms with Crippen molar-refractivity contribution in [2.75, 3.05) is 0 Å². The van der Waals surface area contributed by atoms with Gasteiger partial charge in [0.2, 0.25) is 0 Å². The zero-order chi connectivity index (χ0) is 7.84. The first-order valence-corrected chi connectivity index (χ1v) is 4.11. The maximum Gasteiger partial charge on any atom is 0.137 e. The van der Waals surface area contributed by atoms with Crippen molar-refractivity contribution in [1.29, 1.82) is 0 Å². The van der Waals surface area contributed by atoms with Crippen molar-refractivity contribution >= 4 is 15.9 Å². The lowest BCUT2D eigenvalue weighted by Gasteiger charge is -1.98. The molecule has 0 bridgehead atoms. The fourth-order valence-corrected chi connectivity index (χ4v) is 1.56. The highest BCUT2D eigenvalue weighted by Gasteiger charge is 2.13. The largest absolute Gasteiger partial charge is 0.372 e. The topological polar surface area (TPSA) is 9.23 Å². The van der Waals surface area contributed by atoms with Crippen LogP contribution in [0.4, 0.5) is 4.39 Å². The van der Waals surface area contributed by atoms with Crippen LogP contribution in [0, 0.1) is 5.82 Å². The molecule has 1 nitrogen and oxygen atoms in total. The predicted octanol–water partition coefficient (Wildman–Crippen LogP) is 2.62. The molecule has 0 unspecified atom stereocenters. The highest BCUT2D eigenvalue weighted by molar-refractivity contribution is 9.10. The van der Waals surface area contributed by atoms with Gasteiger partial charge in [-0.25, -0.2) is 4.39 Å². The third-order valence-electron chi connectivity index (χ3n) is 1.76. The van der Waals surface area contributed by atoms with Gasteiger partial charge in [-0.3, -0.25) is 0 Å². The van der Waals surface area contributed by atoms with Crippen molar-refractivity contribution in [1.82, 2.24) is 0 Å². The average molecular weight is 217 g/mol. The summed E-state index contributed by atoms with van der Waals surface area (Å²) < 4.78 is 18.5. The quantitative estimate of drug-likeness (QED) is 0.648. The summed E-state index contributed by atoms with van der Waals surface area (Å²) in [6.45, 7) is 1.15. The fourth-order valence-electron chi connectivity index (χ4n) is 1.17. The van der Waals surface area contributed by atoms with E-state index in [1.807, 2.05) is 0 Å². The molecule has 0 spiro atoms. The van der Waals surface area contributed by atoms with Gasteiger partial charge < -0.3 is 4.74 Å². The van der Waals surface area contributed by atoms with E-state index < -0.39 is 0 Å². The SMILES string of the molecule is Fc1cc2c(cc1Br)COC2. The first-order chi connectivity index (χ1) is 5.27. The lowest BCUT2D eigenvalue weighted by Crippen LogP contribution is -1.85. The molecule has 58 valence electrons. The van der Waals surface area contributed by atoms with Crippen molar-refractivity contribution < 1.29 is 9.13 Å². The zero-order valence-corrected chi connectivity index (χ0v) is 7.32. The minimum Gasteiger partial charge on any atom is -0.372 e. The fraction of sp³-hybridized carbons (Fsp3) is 0.250. The van der Waals surface area contributed by atoms with Gasteiger partial charge in [-0.05, 0) is 39.2 Å². The Hall–Kier alpha value is -0.410. The molecule has 2 rings (SSSR count). The van der Waals surface area contributed by atoms with Gasteiger partial charge in [-0.1, -0.05) is 0 Å². The lowest BCUT2D eigenvalue weighted by atomic mass is 10.1. The van der Waals surface area contributed by atoms with E-state index in [9.17, 15) is 4.39 Å². The van der Waals surface area contributed by atoms with Crippen molar-refractivity contribution in [2.45, 2.75) is 13.2 Å². The van der Waals surface area contributed by atoms with Crippen LogP contribution in [-0.4, -0.2) is 0 Å². The first-order valence-electron chi connectivity index (χ1n) is 3.32. The minimum absolute atomic E-state index is 0.214. The van der Waals surface area contributed by atoms with Crippen LogP contribution >= 0.6 is 15.9 Å². The lowest BCUT2D eigenvalue weighted by molar-refractivity contribution is 0.134. The monoisotopic (exact) mass is 216 g/mol. The van der Waals surface area contributed by atoms with E-state index in [-0.39, 0.29) is 5.82 Å². The Morgan fingerprint density at radius 3 is 2.64 bits per heavy atom. The smallest absolute Gasteiger partial charge is 0.137 e. The van der Waals surface area contributed by atoms with Gasteiger partial charge in [-0.15, -0.1) is 0 Å². The number of benzene rings is 1. The standard InChI is InChI=1S/C8H6BrFO/c9-7-1-5-3-11-4-6(5)2-8(7)10/h1-2H,3-4H2. The number of rotatable bonds is 0. The normalized spacial score (nSPS) is 15.1. The second-order valence-corrected chi connectivity index (χ2v) is 3.38. The van der Waals surface area contributed by atoms with Crippen molar-refractivity contribution in [3.63, 3.8) is 0 Å². The molecule has 1 aliphatic heterocycles. The summed E-state index contributed by atoms with van der Waals surface area (Å²) in [5, 5.41) is 0. The van der Waals surface area contributed by atoms with Crippen LogP contribution in [0.25, 0.3) is 0 Å². The first kappa shape index (κ1) is 7.25. The molecular formula is C8H6BrFO. The number of hydrogen-bond donors (Lipinski definition) is 0. The molecule has 0 N–H and O–H groups in total. The Bertz CT molecular complexity index is 269. The molecule has 0 aliphatic carbocycles. The molecule has 1 aliphatic rings. The predicted molar refractivity (Wildman–Crippen MR) is 42.6 cm³/mol. The minimum atomic E-state index is -0.214. The van der Waals surface area contributed by atoms with E-state index in [2.05, 4.69) is 15.9 Å². The van der Waals surface area contributed by atoms with Gasteiger partial charge in [0.05, 0.1) is 17.7 Å². The van der Waals surface area contributed by atoms with E-state index in [0.29, 0.717) is 17.7 Å². The highest BCUT2D eigenvalue weighted by Crippen LogP contribution is 2.25. The van der Waals surface area contributed by atoms with Crippen molar-refractivity contribution in [2.24, 2.45) is 0 Å². The Balaban J connectivity index is 2.57. The Morgan fingerprint density at radius 2 is 1.91 bits per heavy atom. The Kier molecular flexibility index (Phi) is 1.69. The van der Waals surface area contributed by atoms with Crippen LogP contribution < -0.4 is 0 Å². The molecule has 1 aromatic rings. The average Bonchev–Trinajstić information content (AvgIpc) is 2.36. The molecule has 1 aromatic carbocycles. The second kappa shape index (κ2) is 2.57. The molecule has 0 fully saturated rings. The van der Waals surface area contributed by atoms with Gasteiger partial charge in [-0.2, -0.15) is 0 Å². The molecule has 0 aromatic heterocycles. The Morgan fingerprint density at radius 1 is 1.27 bits per heavy atom. The van der Waals surface area contributed by atoms with E-state index in [4.69, 9.17) is 4.74 Å². The molecule has 1 heterocycles. The summed E-state index contributed by atoms with van der Waals surface area (Å²) in [6, 6.07) is 3.30. The van der Waals surface area contributed by atoms with E-state index in [1.165, 1.54) is 6.07 Å². The van der Waals surface area contributed by atoms with Crippen molar-refractivity contribution in [3.8, 4) is 0 Å². The summed E-state index contributed by atoms with van der Waals surface area (Å²) in [6.07, 6.45) is 0. The van der Waals surface area contributed by atoms with Gasteiger partial charge >= 0.3 is 0 Å². The van der Waals surface area contributed by atoms with Crippen LogP contribution in [0.1, 0.15) is 11.1 Å². The van der Waals surface area contributed by atoms with Crippen LogP contribution in [0.3, 0.4) is 0 Å². The van der Waals surface area contributed by atoms with Crippen LogP contribution in [-0.2, 0) is 18.0 Å². The van der Waals surface area contributed by atoms with Gasteiger partial charge in [0.1, 0.15) is 5.82 Å². The zero-order valence-electron chi connectivity index (χ0n) is 5.73. The molecule has 0 saturated heterocycles. The number of ether oxygens (including phenoxy) is 1. The van der Waals surface area contributed by atoms with Gasteiger partial charge in [0.15, 0.2) is 0 Å². The maximum absolute atomic E-state index is 12.9. The van der Waals surface area contributed by atoms with Crippen molar-refractivity contribution in [3.05, 3.63) is 33.5 Å². The summed E-state index contributed by atoms with van der Waals surface area (Å²) >= 11 is 3.12. The van der Waals surface area contributed by atoms with E-state index >= 15 is 0 Å². The molecular weight excluding hydrogens is 211 g/mol. The molecule has 11 heavy (non-hydrogen) atoms. The maximum atomic E-state index is 12.9. The van der Waals surface area contributed by atoms with E-state index in [1.54, 1.807) is 6.07 Å². The highest BCUT2D eigenvalue weighted by atomic mass is 79.9. The second-order valence-electron chi connectivity index (χ2n) is 2.53.